The number of para-hydroxylation sites is 1. The highest BCUT2D eigenvalue weighted by atomic mass is 16.5. The minimum Gasteiger partial charge on any atom is -0.374 e. The van der Waals surface area contributed by atoms with Crippen molar-refractivity contribution in [3.8, 4) is 0 Å². The maximum atomic E-state index is 12.8. The standard InChI is InChI=1S/C19H21N5O3/c25-18(13-23-14-20-17-6-2-1-5-16(17)19(23)26)22-8-4-10-27-15(11-22)12-24-9-3-7-21-24/h1-3,5-7,9,14-15H,4,8,10-13H2. The first-order chi connectivity index (χ1) is 13.2. The van der Waals surface area contributed by atoms with Crippen molar-refractivity contribution < 1.29 is 9.53 Å². The number of aromatic nitrogens is 4. The van der Waals surface area contributed by atoms with Gasteiger partial charge in [-0.05, 0) is 24.6 Å². The fraction of sp³-hybridized carbons (Fsp3) is 0.368. The molecule has 1 aromatic carbocycles. The molecule has 0 radical (unpaired) electrons. The smallest absolute Gasteiger partial charge is 0.261 e. The van der Waals surface area contributed by atoms with Crippen LogP contribution in [0.25, 0.3) is 10.9 Å². The largest absolute Gasteiger partial charge is 0.374 e. The van der Waals surface area contributed by atoms with E-state index in [4.69, 9.17) is 4.74 Å². The Morgan fingerprint density at radius 3 is 3.00 bits per heavy atom. The van der Waals surface area contributed by atoms with Gasteiger partial charge in [0.1, 0.15) is 6.54 Å². The number of amides is 1. The summed E-state index contributed by atoms with van der Waals surface area (Å²) in [7, 11) is 0. The average Bonchev–Trinajstić information content (AvgIpc) is 3.08. The van der Waals surface area contributed by atoms with Crippen molar-refractivity contribution in [3.05, 3.63) is 59.4 Å². The van der Waals surface area contributed by atoms with Gasteiger partial charge < -0.3 is 9.64 Å². The van der Waals surface area contributed by atoms with Crippen LogP contribution in [0.2, 0.25) is 0 Å². The molecule has 1 amide bonds. The Kier molecular flexibility index (Phi) is 4.97. The van der Waals surface area contributed by atoms with Crippen molar-refractivity contribution in [3.63, 3.8) is 0 Å². The van der Waals surface area contributed by atoms with Gasteiger partial charge in [0, 0.05) is 32.1 Å². The highest BCUT2D eigenvalue weighted by molar-refractivity contribution is 5.79. The van der Waals surface area contributed by atoms with E-state index in [1.807, 2.05) is 18.3 Å². The summed E-state index contributed by atoms with van der Waals surface area (Å²) in [5.74, 6) is -0.106. The molecule has 2 aromatic heterocycles. The lowest BCUT2D eigenvalue weighted by atomic mass is 10.2. The van der Waals surface area contributed by atoms with Crippen LogP contribution in [-0.4, -0.2) is 55.9 Å². The Hall–Kier alpha value is -3.00. The summed E-state index contributed by atoms with van der Waals surface area (Å²) in [6.45, 7) is 2.27. The number of carbonyl (C=O) groups is 1. The van der Waals surface area contributed by atoms with Crippen LogP contribution < -0.4 is 5.56 Å². The summed E-state index contributed by atoms with van der Waals surface area (Å²) in [5, 5.41) is 4.72. The van der Waals surface area contributed by atoms with E-state index in [1.165, 1.54) is 10.9 Å². The maximum absolute atomic E-state index is 12.8. The number of carbonyl (C=O) groups excluding carboxylic acids is 1. The zero-order valence-electron chi connectivity index (χ0n) is 14.9. The molecule has 0 bridgehead atoms. The Bertz CT molecular complexity index is 982. The van der Waals surface area contributed by atoms with Gasteiger partial charge in [0.05, 0.1) is 29.9 Å². The minimum atomic E-state index is -0.201. The third-order valence-corrected chi connectivity index (χ3v) is 4.69. The van der Waals surface area contributed by atoms with E-state index in [0.29, 0.717) is 37.1 Å². The van der Waals surface area contributed by atoms with Crippen LogP contribution >= 0.6 is 0 Å². The predicted octanol–water partition coefficient (Wildman–Crippen LogP) is 0.911. The van der Waals surface area contributed by atoms with Crippen LogP contribution in [0.3, 0.4) is 0 Å². The third-order valence-electron chi connectivity index (χ3n) is 4.69. The predicted molar refractivity (Wildman–Crippen MR) is 99.2 cm³/mol. The normalized spacial score (nSPS) is 17.8. The number of hydrogen-bond acceptors (Lipinski definition) is 5. The van der Waals surface area contributed by atoms with E-state index in [0.717, 1.165) is 6.42 Å². The molecular weight excluding hydrogens is 346 g/mol. The molecule has 8 nitrogen and oxygen atoms in total. The monoisotopic (exact) mass is 367 g/mol. The first-order valence-corrected chi connectivity index (χ1v) is 9.02. The highest BCUT2D eigenvalue weighted by Gasteiger charge is 2.23. The minimum absolute atomic E-state index is 0.0227. The van der Waals surface area contributed by atoms with Crippen LogP contribution in [0.4, 0.5) is 0 Å². The van der Waals surface area contributed by atoms with Crippen LogP contribution in [0.1, 0.15) is 6.42 Å². The SMILES string of the molecule is O=C(Cn1cnc2ccccc2c1=O)N1CCCOC(Cn2cccn2)C1. The molecule has 1 aliphatic rings. The van der Waals surface area contributed by atoms with E-state index in [1.54, 1.807) is 34.0 Å². The van der Waals surface area contributed by atoms with Gasteiger partial charge in [0.25, 0.3) is 5.56 Å². The van der Waals surface area contributed by atoms with Gasteiger partial charge in [-0.3, -0.25) is 18.8 Å². The van der Waals surface area contributed by atoms with Crippen molar-refractivity contribution in [2.24, 2.45) is 0 Å². The summed E-state index contributed by atoms with van der Waals surface area (Å²) in [4.78, 5) is 31.5. The molecule has 140 valence electrons. The Morgan fingerprint density at radius 1 is 1.26 bits per heavy atom. The van der Waals surface area contributed by atoms with Crippen molar-refractivity contribution in [1.82, 2.24) is 24.2 Å². The molecule has 0 spiro atoms. The molecule has 3 heterocycles. The lowest BCUT2D eigenvalue weighted by molar-refractivity contribution is -0.132. The molecule has 1 atom stereocenters. The van der Waals surface area contributed by atoms with Crippen molar-refractivity contribution in [1.29, 1.82) is 0 Å². The van der Waals surface area contributed by atoms with Gasteiger partial charge in [-0.2, -0.15) is 5.10 Å². The molecule has 1 aliphatic heterocycles. The van der Waals surface area contributed by atoms with E-state index in [9.17, 15) is 9.59 Å². The number of ether oxygens (including phenoxy) is 1. The molecule has 1 unspecified atom stereocenters. The molecule has 3 aromatic rings. The van der Waals surface area contributed by atoms with Gasteiger partial charge in [-0.15, -0.1) is 0 Å². The second kappa shape index (κ2) is 7.71. The van der Waals surface area contributed by atoms with Crippen molar-refractivity contribution in [2.45, 2.75) is 25.6 Å². The first-order valence-electron chi connectivity index (χ1n) is 9.02. The Morgan fingerprint density at radius 2 is 2.15 bits per heavy atom. The Balaban J connectivity index is 1.48. The fourth-order valence-corrected chi connectivity index (χ4v) is 3.31. The van der Waals surface area contributed by atoms with Crippen LogP contribution in [0.15, 0.2) is 53.8 Å². The number of nitrogens with zero attached hydrogens (tertiary/aromatic N) is 5. The van der Waals surface area contributed by atoms with Gasteiger partial charge in [-0.1, -0.05) is 12.1 Å². The average molecular weight is 367 g/mol. The van der Waals surface area contributed by atoms with E-state index in [2.05, 4.69) is 10.1 Å². The van der Waals surface area contributed by atoms with Gasteiger partial charge in [0.15, 0.2) is 0 Å². The molecule has 27 heavy (non-hydrogen) atoms. The van der Waals surface area contributed by atoms with Crippen LogP contribution in [-0.2, 0) is 22.6 Å². The summed E-state index contributed by atoms with van der Waals surface area (Å²) >= 11 is 0. The van der Waals surface area contributed by atoms with Gasteiger partial charge in [0.2, 0.25) is 5.91 Å². The summed E-state index contributed by atoms with van der Waals surface area (Å²) in [6.07, 6.45) is 5.69. The molecule has 1 saturated heterocycles. The second-order valence-corrected chi connectivity index (χ2v) is 6.61. The second-order valence-electron chi connectivity index (χ2n) is 6.61. The quantitative estimate of drug-likeness (QED) is 0.685. The lowest BCUT2D eigenvalue weighted by Gasteiger charge is -2.24. The molecule has 1 fully saturated rings. The number of fused-ring (bicyclic) bond motifs is 1. The topological polar surface area (TPSA) is 82.3 Å². The van der Waals surface area contributed by atoms with E-state index >= 15 is 0 Å². The number of benzene rings is 1. The molecule has 4 rings (SSSR count). The molecule has 0 N–H and O–H groups in total. The fourth-order valence-electron chi connectivity index (χ4n) is 3.31. The summed E-state index contributed by atoms with van der Waals surface area (Å²) < 4.78 is 9.03. The number of hydrogen-bond donors (Lipinski definition) is 0. The zero-order valence-corrected chi connectivity index (χ0v) is 14.9. The van der Waals surface area contributed by atoms with Crippen LogP contribution in [0, 0.1) is 0 Å². The molecule has 8 heteroatoms. The molecule has 0 aliphatic carbocycles. The van der Waals surface area contributed by atoms with E-state index in [-0.39, 0.29) is 24.1 Å². The first kappa shape index (κ1) is 17.4. The van der Waals surface area contributed by atoms with Crippen LogP contribution in [0.5, 0.6) is 0 Å². The maximum Gasteiger partial charge on any atom is 0.261 e. The van der Waals surface area contributed by atoms with Crippen molar-refractivity contribution >= 4 is 16.8 Å². The number of rotatable bonds is 4. The Labute approximate surface area is 156 Å². The molecule has 0 saturated carbocycles. The lowest BCUT2D eigenvalue weighted by Crippen LogP contribution is -2.41. The molecular formula is C19H21N5O3. The van der Waals surface area contributed by atoms with Crippen molar-refractivity contribution in [2.75, 3.05) is 19.7 Å². The summed E-state index contributed by atoms with van der Waals surface area (Å²) in [6, 6.07) is 9.00. The zero-order chi connectivity index (χ0) is 18.6. The van der Waals surface area contributed by atoms with Gasteiger partial charge >= 0.3 is 0 Å². The third kappa shape index (κ3) is 3.90. The van der Waals surface area contributed by atoms with E-state index < -0.39 is 0 Å². The van der Waals surface area contributed by atoms with Gasteiger partial charge in [-0.25, -0.2) is 4.98 Å². The summed E-state index contributed by atoms with van der Waals surface area (Å²) in [5.41, 5.74) is 0.432. The highest BCUT2D eigenvalue weighted by Crippen LogP contribution is 2.10.